The van der Waals surface area contributed by atoms with Crippen LogP contribution in [-0.2, 0) is 4.79 Å². The molecule has 0 radical (unpaired) electrons. The molecule has 0 aromatic heterocycles. The molecule has 1 amide bonds. The molecule has 0 spiro atoms. The van der Waals surface area contributed by atoms with Gasteiger partial charge in [0.2, 0.25) is 5.91 Å². The van der Waals surface area contributed by atoms with Crippen molar-refractivity contribution in [3.63, 3.8) is 0 Å². The van der Waals surface area contributed by atoms with Gasteiger partial charge in [-0.05, 0) is 47.5 Å². The Balaban J connectivity index is 1.71. The highest BCUT2D eigenvalue weighted by molar-refractivity contribution is 8.00. The summed E-state index contributed by atoms with van der Waals surface area (Å²) in [7, 11) is 0. The summed E-state index contributed by atoms with van der Waals surface area (Å²) in [4.78, 5) is 14.6. The van der Waals surface area contributed by atoms with Gasteiger partial charge in [0, 0.05) is 28.9 Å². The van der Waals surface area contributed by atoms with Gasteiger partial charge in [-0.1, -0.05) is 59.4 Å². The van der Waals surface area contributed by atoms with Gasteiger partial charge < -0.3 is 10.0 Å². The van der Waals surface area contributed by atoms with Crippen molar-refractivity contribution in [2.24, 2.45) is 5.73 Å². The molecular formula is C24H21Cl2F2N3OS. The Kier molecular flexibility index (Phi) is 7.14. The molecule has 0 saturated carbocycles. The number of nitrogens with two attached hydrogens (primary N) is 1. The van der Waals surface area contributed by atoms with E-state index in [2.05, 4.69) is 0 Å². The molecule has 9 heteroatoms. The summed E-state index contributed by atoms with van der Waals surface area (Å²) >= 11 is 13.5. The summed E-state index contributed by atoms with van der Waals surface area (Å²) in [5.41, 5.74) is 8.04. The predicted molar refractivity (Wildman–Crippen MR) is 131 cm³/mol. The van der Waals surface area contributed by atoms with Crippen molar-refractivity contribution in [3.8, 4) is 0 Å². The molecule has 33 heavy (non-hydrogen) atoms. The maximum atomic E-state index is 13.9. The minimum Gasteiger partial charge on any atom is -0.368 e. The van der Waals surface area contributed by atoms with Crippen LogP contribution in [0.25, 0.3) is 0 Å². The van der Waals surface area contributed by atoms with Crippen LogP contribution >= 0.6 is 35.1 Å². The van der Waals surface area contributed by atoms with Crippen LogP contribution in [0.1, 0.15) is 17.2 Å². The first-order valence-corrected chi connectivity index (χ1v) is 12.1. The number of halogens is 4. The Morgan fingerprint density at radius 1 is 1.00 bits per heavy atom. The van der Waals surface area contributed by atoms with E-state index >= 15 is 0 Å². The quantitative estimate of drug-likeness (QED) is 0.417. The fraction of sp³-hybridized carbons (Fsp3) is 0.208. The minimum absolute atomic E-state index is 0.291. The van der Waals surface area contributed by atoms with E-state index in [1.165, 1.54) is 24.1 Å². The molecule has 3 aromatic carbocycles. The van der Waals surface area contributed by atoms with E-state index in [1.54, 1.807) is 34.8 Å². The van der Waals surface area contributed by atoms with Crippen LogP contribution in [0.3, 0.4) is 0 Å². The predicted octanol–water partition coefficient (Wildman–Crippen LogP) is 5.68. The maximum absolute atomic E-state index is 13.9. The van der Waals surface area contributed by atoms with Crippen molar-refractivity contribution in [3.05, 3.63) is 99.5 Å². The van der Waals surface area contributed by atoms with Gasteiger partial charge in [-0.3, -0.25) is 9.69 Å². The molecule has 172 valence electrons. The maximum Gasteiger partial charge on any atom is 0.237 e. The summed E-state index contributed by atoms with van der Waals surface area (Å²) in [5, 5.41) is 1.20. The number of rotatable bonds is 7. The zero-order valence-corrected chi connectivity index (χ0v) is 19.9. The Morgan fingerprint density at radius 3 is 1.91 bits per heavy atom. The van der Waals surface area contributed by atoms with Crippen molar-refractivity contribution in [1.29, 1.82) is 0 Å². The van der Waals surface area contributed by atoms with Crippen molar-refractivity contribution < 1.29 is 13.6 Å². The number of benzene rings is 3. The van der Waals surface area contributed by atoms with E-state index in [0.717, 1.165) is 17.2 Å². The molecule has 1 saturated heterocycles. The Morgan fingerprint density at radius 2 is 1.48 bits per heavy atom. The molecule has 1 aliphatic heterocycles. The largest absolute Gasteiger partial charge is 0.368 e. The van der Waals surface area contributed by atoms with E-state index in [9.17, 15) is 13.6 Å². The van der Waals surface area contributed by atoms with Crippen LogP contribution in [0.4, 0.5) is 14.5 Å². The first-order valence-electron chi connectivity index (χ1n) is 10.1. The smallest absolute Gasteiger partial charge is 0.237 e. The molecule has 2 N–H and O–H groups in total. The van der Waals surface area contributed by atoms with Crippen molar-refractivity contribution in [2.75, 3.05) is 17.1 Å². The van der Waals surface area contributed by atoms with Crippen LogP contribution in [0, 0.1) is 11.6 Å². The van der Waals surface area contributed by atoms with Gasteiger partial charge in [0.1, 0.15) is 17.7 Å². The third-order valence-electron chi connectivity index (χ3n) is 5.71. The highest BCUT2D eigenvalue weighted by Gasteiger charge is 2.50. The number of hydrogen-bond donors (Lipinski definition) is 1. The van der Waals surface area contributed by atoms with Crippen LogP contribution in [0.5, 0.6) is 0 Å². The number of anilines is 1. The van der Waals surface area contributed by atoms with E-state index in [0.29, 0.717) is 22.3 Å². The zero-order valence-electron chi connectivity index (χ0n) is 17.6. The number of primary amides is 1. The Hall–Kier alpha value is -2.32. The summed E-state index contributed by atoms with van der Waals surface area (Å²) in [5.74, 6) is -1.89. The van der Waals surface area contributed by atoms with Crippen LogP contribution in [-0.4, -0.2) is 35.7 Å². The number of hydrogen-bond acceptors (Lipinski definition) is 4. The molecule has 4 rings (SSSR count). The monoisotopic (exact) mass is 507 g/mol. The minimum atomic E-state index is -0.694. The second-order valence-electron chi connectivity index (χ2n) is 7.75. The molecule has 1 aliphatic rings. The van der Waals surface area contributed by atoms with E-state index in [1.807, 2.05) is 29.2 Å². The molecular weight excluding hydrogens is 487 g/mol. The lowest BCUT2D eigenvalue weighted by Gasteiger charge is -2.54. The van der Waals surface area contributed by atoms with Gasteiger partial charge in [0.05, 0.1) is 17.8 Å². The number of carbonyl (C=O) groups excluding carboxylic acids is 1. The average molecular weight is 508 g/mol. The average Bonchev–Trinajstić information content (AvgIpc) is 2.74. The second kappa shape index (κ2) is 9.89. The number of amides is 1. The van der Waals surface area contributed by atoms with Gasteiger partial charge in [0.25, 0.3) is 0 Å². The Bertz CT molecular complexity index is 1080. The molecule has 1 fully saturated rings. The molecule has 0 aliphatic carbocycles. The fourth-order valence-electron chi connectivity index (χ4n) is 4.30. The highest BCUT2D eigenvalue weighted by atomic mass is 35.5. The number of carbonyl (C=O) groups is 1. The van der Waals surface area contributed by atoms with Crippen LogP contribution < -0.4 is 10.0 Å². The van der Waals surface area contributed by atoms with Crippen LogP contribution in [0.15, 0.2) is 66.7 Å². The fourth-order valence-corrected chi connectivity index (χ4v) is 5.32. The molecule has 1 heterocycles. The lowest BCUT2D eigenvalue weighted by molar-refractivity contribution is -0.130. The topological polar surface area (TPSA) is 49.6 Å². The van der Waals surface area contributed by atoms with Gasteiger partial charge >= 0.3 is 0 Å². The van der Waals surface area contributed by atoms with Gasteiger partial charge in [-0.2, -0.15) is 0 Å². The van der Waals surface area contributed by atoms with Gasteiger partial charge in [-0.15, -0.1) is 0 Å². The molecule has 2 atom stereocenters. The lowest BCUT2D eigenvalue weighted by Crippen LogP contribution is -2.70. The SMILES string of the molecule is CSN(c1cc(F)cc(F)c1)C1CN(C(c2ccc(Cl)cc2)c2ccc(Cl)cc2)C1C(N)=O. The number of likely N-dealkylation sites (tertiary alicyclic amines) is 1. The van der Waals surface area contributed by atoms with Gasteiger partial charge in [-0.25, -0.2) is 8.78 Å². The highest BCUT2D eigenvalue weighted by Crippen LogP contribution is 2.41. The van der Waals surface area contributed by atoms with E-state index in [-0.39, 0.29) is 12.1 Å². The summed E-state index contributed by atoms with van der Waals surface area (Å²) in [6.45, 7) is 0.447. The Labute approximate surface area is 205 Å². The van der Waals surface area contributed by atoms with E-state index in [4.69, 9.17) is 28.9 Å². The van der Waals surface area contributed by atoms with Crippen molar-refractivity contribution >= 4 is 46.7 Å². The van der Waals surface area contributed by atoms with Crippen molar-refractivity contribution in [1.82, 2.24) is 4.90 Å². The van der Waals surface area contributed by atoms with Crippen molar-refractivity contribution in [2.45, 2.75) is 18.1 Å². The standard InChI is InChI=1S/C24H21Cl2F2N3OS/c1-33-31(20-11-18(27)10-19(28)12-20)21-13-30(23(21)24(29)32)22(14-2-6-16(25)7-3-14)15-4-8-17(26)9-5-15/h2-12,21-23H,13H2,1H3,(H2,29,32). The third kappa shape index (κ3) is 4.96. The molecule has 4 nitrogen and oxygen atoms in total. The van der Waals surface area contributed by atoms with Gasteiger partial charge in [0.15, 0.2) is 0 Å². The third-order valence-corrected chi connectivity index (χ3v) is 7.09. The zero-order chi connectivity index (χ0) is 23.7. The first-order chi connectivity index (χ1) is 15.8. The summed E-state index contributed by atoms with van der Waals surface area (Å²) < 4.78 is 29.5. The second-order valence-corrected chi connectivity index (χ2v) is 9.38. The number of nitrogens with zero attached hydrogens (tertiary/aromatic N) is 2. The normalized spacial score (nSPS) is 18.2. The van der Waals surface area contributed by atoms with E-state index < -0.39 is 23.6 Å². The molecule has 3 aromatic rings. The first kappa shape index (κ1) is 23.8. The lowest BCUT2D eigenvalue weighted by atomic mass is 9.87. The summed E-state index contributed by atoms with van der Waals surface area (Å²) in [6.07, 6.45) is 1.79. The molecule has 0 bridgehead atoms. The van der Waals surface area contributed by atoms with Crippen LogP contribution in [0.2, 0.25) is 10.0 Å². The summed E-state index contributed by atoms with van der Waals surface area (Å²) in [6, 6.07) is 16.7. The molecule has 2 unspecified atom stereocenters.